The van der Waals surface area contributed by atoms with Crippen molar-refractivity contribution in [1.82, 2.24) is 4.57 Å². The van der Waals surface area contributed by atoms with Crippen LogP contribution in [0, 0.1) is 0 Å². The van der Waals surface area contributed by atoms with E-state index in [4.69, 9.17) is 14.5 Å². The molecule has 4 nitrogen and oxygen atoms in total. The number of hydrogen-bond acceptors (Lipinski definition) is 4. The minimum Gasteiger partial charge on any atom is -0.497 e. The molecule has 0 spiro atoms. The molecule has 0 atom stereocenters. The monoisotopic (exact) mass is 354 g/mol. The van der Waals surface area contributed by atoms with E-state index in [1.165, 1.54) is 11.3 Å². The van der Waals surface area contributed by atoms with Gasteiger partial charge in [-0.3, -0.25) is 0 Å². The molecule has 0 amide bonds. The predicted octanol–water partition coefficient (Wildman–Crippen LogP) is 4.49. The van der Waals surface area contributed by atoms with Crippen molar-refractivity contribution >= 4 is 17.0 Å². The Morgan fingerprint density at radius 3 is 2.44 bits per heavy atom. The Labute approximate surface area is 152 Å². The van der Waals surface area contributed by atoms with Gasteiger partial charge in [-0.05, 0) is 36.2 Å². The molecule has 3 aromatic rings. The summed E-state index contributed by atoms with van der Waals surface area (Å²) in [5.74, 6) is 0.836. The van der Waals surface area contributed by atoms with Gasteiger partial charge in [-0.1, -0.05) is 30.3 Å². The molecule has 0 unspecified atom stereocenters. The lowest BCUT2D eigenvalue weighted by atomic mass is 10.2. The van der Waals surface area contributed by atoms with Gasteiger partial charge in [0.05, 0.1) is 18.5 Å². The van der Waals surface area contributed by atoms with Crippen molar-refractivity contribution in [1.29, 1.82) is 0 Å². The molecule has 0 radical (unpaired) electrons. The minimum absolute atomic E-state index is 0.735. The number of nitrogens with zero attached hydrogens (tertiary/aromatic N) is 2. The average molecular weight is 354 g/mol. The van der Waals surface area contributed by atoms with Crippen molar-refractivity contribution in [2.45, 2.75) is 13.0 Å². The molecule has 0 bridgehead atoms. The van der Waals surface area contributed by atoms with Crippen LogP contribution in [0.1, 0.15) is 6.42 Å². The molecule has 130 valence electrons. The van der Waals surface area contributed by atoms with Gasteiger partial charge in [0.25, 0.3) is 0 Å². The molecule has 1 aromatic heterocycles. The highest BCUT2D eigenvalue weighted by atomic mass is 32.1. The molecule has 0 saturated heterocycles. The third-order valence-corrected chi connectivity index (χ3v) is 4.76. The van der Waals surface area contributed by atoms with Crippen molar-refractivity contribution in [3.63, 3.8) is 0 Å². The second kappa shape index (κ2) is 8.65. The van der Waals surface area contributed by atoms with Crippen molar-refractivity contribution in [2.24, 2.45) is 4.99 Å². The van der Waals surface area contributed by atoms with Gasteiger partial charge in [0.15, 0.2) is 4.80 Å². The summed E-state index contributed by atoms with van der Waals surface area (Å²) in [7, 11) is 3.40. The van der Waals surface area contributed by atoms with Crippen molar-refractivity contribution < 1.29 is 9.47 Å². The third kappa shape index (κ3) is 4.38. The van der Waals surface area contributed by atoms with Gasteiger partial charge >= 0.3 is 0 Å². The summed E-state index contributed by atoms with van der Waals surface area (Å²) in [6.07, 6.45) is 0.947. The molecular weight excluding hydrogens is 332 g/mol. The van der Waals surface area contributed by atoms with Crippen LogP contribution >= 0.6 is 11.3 Å². The van der Waals surface area contributed by atoms with Crippen LogP contribution < -0.4 is 9.54 Å². The highest BCUT2D eigenvalue weighted by molar-refractivity contribution is 7.07. The fourth-order valence-corrected chi connectivity index (χ4v) is 3.56. The third-order valence-electron chi connectivity index (χ3n) is 3.89. The van der Waals surface area contributed by atoms with E-state index < -0.39 is 0 Å². The summed E-state index contributed by atoms with van der Waals surface area (Å²) in [6, 6.07) is 18.2. The average Bonchev–Trinajstić information content (AvgIpc) is 3.06. The zero-order valence-electron chi connectivity index (χ0n) is 14.5. The Balaban J connectivity index is 1.99. The number of benzene rings is 2. The van der Waals surface area contributed by atoms with E-state index in [9.17, 15) is 0 Å². The summed E-state index contributed by atoms with van der Waals surface area (Å²) in [5.41, 5.74) is 3.31. The first-order chi connectivity index (χ1) is 12.3. The molecule has 0 saturated carbocycles. The second-order valence-corrected chi connectivity index (χ2v) is 6.41. The van der Waals surface area contributed by atoms with Gasteiger partial charge in [-0.2, -0.15) is 0 Å². The minimum atomic E-state index is 0.735. The smallest absolute Gasteiger partial charge is 0.190 e. The molecule has 0 fully saturated rings. The lowest BCUT2D eigenvalue weighted by Crippen LogP contribution is -2.17. The number of aromatic nitrogens is 1. The van der Waals surface area contributed by atoms with Crippen LogP contribution in [0.25, 0.3) is 11.3 Å². The Hall–Kier alpha value is -2.37. The molecule has 0 aliphatic carbocycles. The first-order valence-corrected chi connectivity index (χ1v) is 9.11. The molecule has 1 heterocycles. The number of hydrogen-bond donors (Lipinski definition) is 0. The van der Waals surface area contributed by atoms with E-state index in [0.717, 1.165) is 35.8 Å². The van der Waals surface area contributed by atoms with Crippen LogP contribution in [0.3, 0.4) is 0 Å². The topological polar surface area (TPSA) is 35.8 Å². The molecule has 25 heavy (non-hydrogen) atoms. The lowest BCUT2D eigenvalue weighted by molar-refractivity contribution is 0.190. The summed E-state index contributed by atoms with van der Waals surface area (Å²) in [6.45, 7) is 1.61. The fourth-order valence-electron chi connectivity index (χ4n) is 2.61. The van der Waals surface area contributed by atoms with E-state index in [1.807, 2.05) is 30.3 Å². The van der Waals surface area contributed by atoms with Crippen LogP contribution in [-0.4, -0.2) is 25.4 Å². The van der Waals surface area contributed by atoms with Crippen molar-refractivity contribution in [3.8, 4) is 17.0 Å². The summed E-state index contributed by atoms with van der Waals surface area (Å²) >= 11 is 1.66. The lowest BCUT2D eigenvalue weighted by Gasteiger charge is -2.09. The van der Waals surface area contributed by atoms with Gasteiger partial charge in [0, 0.05) is 25.6 Å². The highest BCUT2D eigenvalue weighted by Crippen LogP contribution is 2.22. The summed E-state index contributed by atoms with van der Waals surface area (Å²) < 4.78 is 12.7. The van der Waals surface area contributed by atoms with Crippen LogP contribution in [0.2, 0.25) is 0 Å². The Bertz CT molecular complexity index is 851. The zero-order chi connectivity index (χ0) is 17.5. The maximum Gasteiger partial charge on any atom is 0.190 e. The second-order valence-electron chi connectivity index (χ2n) is 5.58. The van der Waals surface area contributed by atoms with Gasteiger partial charge in [0.2, 0.25) is 0 Å². The first kappa shape index (κ1) is 17.5. The van der Waals surface area contributed by atoms with Gasteiger partial charge < -0.3 is 14.0 Å². The van der Waals surface area contributed by atoms with Gasteiger partial charge in [0.1, 0.15) is 5.75 Å². The van der Waals surface area contributed by atoms with Crippen molar-refractivity contribution in [3.05, 3.63) is 64.8 Å². The maximum absolute atomic E-state index is 5.21. The molecule has 0 aliphatic rings. The molecule has 5 heteroatoms. The van der Waals surface area contributed by atoms with Crippen LogP contribution in [-0.2, 0) is 11.3 Å². The van der Waals surface area contributed by atoms with E-state index in [1.54, 1.807) is 25.6 Å². The van der Waals surface area contributed by atoms with E-state index in [0.29, 0.717) is 0 Å². The number of rotatable bonds is 7. The van der Waals surface area contributed by atoms with E-state index in [2.05, 4.69) is 34.2 Å². The van der Waals surface area contributed by atoms with Crippen molar-refractivity contribution in [2.75, 3.05) is 20.8 Å². The quantitative estimate of drug-likeness (QED) is 0.586. The molecular formula is C20H22N2O2S. The number of ether oxygens (including phenoxy) is 2. The van der Waals surface area contributed by atoms with Crippen LogP contribution in [0.5, 0.6) is 5.75 Å². The molecule has 0 aliphatic heterocycles. The predicted molar refractivity (Wildman–Crippen MR) is 102 cm³/mol. The SMILES string of the molecule is COCCCn1c(-c2ccccc2)csc1=Nc1ccc(OC)cc1. The zero-order valence-corrected chi connectivity index (χ0v) is 15.3. The van der Waals surface area contributed by atoms with Crippen LogP contribution in [0.15, 0.2) is 65.0 Å². The van der Waals surface area contributed by atoms with E-state index >= 15 is 0 Å². The summed E-state index contributed by atoms with van der Waals surface area (Å²) in [5, 5.41) is 2.17. The van der Waals surface area contributed by atoms with E-state index in [-0.39, 0.29) is 0 Å². The summed E-state index contributed by atoms with van der Waals surface area (Å²) in [4.78, 5) is 5.81. The fraction of sp³-hybridized carbons (Fsp3) is 0.250. The first-order valence-electron chi connectivity index (χ1n) is 8.23. The normalized spacial score (nSPS) is 11.7. The molecule has 3 rings (SSSR count). The Kier molecular flexibility index (Phi) is 6.04. The largest absolute Gasteiger partial charge is 0.497 e. The van der Waals surface area contributed by atoms with Gasteiger partial charge in [-0.25, -0.2) is 4.99 Å². The number of thiazole rings is 1. The Morgan fingerprint density at radius 1 is 1.00 bits per heavy atom. The Morgan fingerprint density at radius 2 is 1.76 bits per heavy atom. The van der Waals surface area contributed by atoms with Gasteiger partial charge in [-0.15, -0.1) is 11.3 Å². The molecule has 2 aromatic carbocycles. The maximum atomic E-state index is 5.21. The standard InChI is InChI=1S/C20H22N2O2S/c1-23-14-6-13-22-19(16-7-4-3-5-8-16)15-25-20(22)21-17-9-11-18(24-2)12-10-17/h3-5,7-12,15H,6,13-14H2,1-2H3. The number of methoxy groups -OCH3 is 2. The highest BCUT2D eigenvalue weighted by Gasteiger charge is 2.08. The van der Waals surface area contributed by atoms with Crippen LogP contribution in [0.4, 0.5) is 5.69 Å². The molecule has 0 N–H and O–H groups in total.